The number of benzene rings is 3. The maximum absolute atomic E-state index is 13.0. The van der Waals surface area contributed by atoms with Crippen LogP contribution in [0, 0.1) is 11.8 Å². The van der Waals surface area contributed by atoms with Crippen LogP contribution in [0.15, 0.2) is 103 Å². The van der Waals surface area contributed by atoms with Gasteiger partial charge in [-0.15, -0.1) is 0 Å². The van der Waals surface area contributed by atoms with E-state index in [1.807, 2.05) is 45.9 Å². The minimum Gasteiger partial charge on any atom is -0.490 e. The molecule has 2 atom stereocenters. The van der Waals surface area contributed by atoms with Gasteiger partial charge in [-0.1, -0.05) is 36.0 Å². The Morgan fingerprint density at radius 3 is 1.44 bits per heavy atom. The average molecular weight is 707 g/mol. The summed E-state index contributed by atoms with van der Waals surface area (Å²) in [7, 11) is 0. The molecular weight excluding hydrogens is 652 g/mol. The maximum atomic E-state index is 13.0. The van der Waals surface area contributed by atoms with Crippen LogP contribution in [0.2, 0.25) is 0 Å². The molecule has 0 saturated carbocycles. The van der Waals surface area contributed by atoms with Gasteiger partial charge in [0, 0.05) is 11.8 Å². The molecule has 2 aliphatic rings. The second-order valence-electron chi connectivity index (χ2n) is 15.2. The topological polar surface area (TPSA) is 80.3 Å². The van der Waals surface area contributed by atoms with E-state index in [2.05, 4.69) is 32.6 Å². The Balaban J connectivity index is 1.16. The van der Waals surface area contributed by atoms with E-state index in [-0.39, 0.29) is 25.2 Å². The summed E-state index contributed by atoms with van der Waals surface area (Å²) in [6.45, 7) is 17.0. The first-order valence-corrected chi connectivity index (χ1v) is 18.4. The van der Waals surface area contributed by atoms with Gasteiger partial charge in [-0.3, -0.25) is 0 Å². The summed E-state index contributed by atoms with van der Waals surface area (Å²) in [5.41, 5.74) is 4.47. The highest BCUT2D eigenvalue weighted by molar-refractivity contribution is 5.90. The van der Waals surface area contributed by atoms with Crippen molar-refractivity contribution in [1.82, 2.24) is 0 Å². The maximum Gasteiger partial charge on any atom is 0.338 e. The largest absolute Gasteiger partial charge is 0.490 e. The lowest BCUT2D eigenvalue weighted by atomic mass is 9.79. The summed E-state index contributed by atoms with van der Waals surface area (Å²) >= 11 is 0. The predicted octanol–water partition coefficient (Wildman–Crippen LogP) is 10.8. The molecule has 0 aromatic heterocycles. The molecule has 0 aliphatic heterocycles. The molecule has 3 aromatic carbocycles. The van der Waals surface area contributed by atoms with E-state index >= 15 is 0 Å². The van der Waals surface area contributed by atoms with Crippen LogP contribution in [0.25, 0.3) is 0 Å². The Bertz CT molecular complexity index is 1640. The minimum absolute atomic E-state index is 0.285. The molecule has 276 valence electrons. The van der Waals surface area contributed by atoms with Crippen molar-refractivity contribution >= 4 is 11.9 Å². The van der Waals surface area contributed by atoms with Crippen LogP contribution in [0.1, 0.15) is 112 Å². The SMILES string of the molecule is C=CCOc1cc(COc2ccc(C(=O)OC(C)(C)C3CC=C(C)CC3)cc2)cc(COc2ccc(C(=O)OC(C)(C)C3CC=C(C)CC3)cc2)c1. The number of hydrogen-bond donors (Lipinski definition) is 0. The van der Waals surface area contributed by atoms with Gasteiger partial charge in [0.15, 0.2) is 0 Å². The molecule has 0 heterocycles. The molecule has 2 aliphatic carbocycles. The van der Waals surface area contributed by atoms with Crippen molar-refractivity contribution in [2.24, 2.45) is 11.8 Å². The standard InChI is InChI=1S/C45H54O7/c1-8-25-48-41-27-33(29-49-39-21-13-35(14-22-39)42(46)51-44(4,5)37-17-9-31(2)10-18-37)26-34(28-41)30-50-40-23-15-36(16-24-40)43(47)52-45(6,7)38-19-11-32(3)12-20-38/h8-9,11,13-16,21-24,26-28,37-38H,1,10,12,17-20,25,29-30H2,2-7H3. The summed E-state index contributed by atoms with van der Waals surface area (Å²) in [5, 5.41) is 0. The number of carbonyl (C=O) groups is 2. The van der Waals surface area contributed by atoms with Crippen LogP contribution in [-0.2, 0) is 22.7 Å². The number of hydrogen-bond acceptors (Lipinski definition) is 7. The van der Waals surface area contributed by atoms with Gasteiger partial charge in [-0.05, 0) is 158 Å². The van der Waals surface area contributed by atoms with Crippen LogP contribution < -0.4 is 14.2 Å². The van der Waals surface area contributed by atoms with Gasteiger partial charge < -0.3 is 23.7 Å². The first kappa shape index (κ1) is 38.5. The van der Waals surface area contributed by atoms with Gasteiger partial charge in [0.05, 0.1) is 11.1 Å². The van der Waals surface area contributed by atoms with E-state index in [1.165, 1.54) is 11.1 Å². The van der Waals surface area contributed by atoms with E-state index in [0.29, 0.717) is 46.8 Å². The highest BCUT2D eigenvalue weighted by Crippen LogP contribution is 2.36. The number of ether oxygens (including phenoxy) is 5. The van der Waals surface area contributed by atoms with Crippen molar-refractivity contribution < 1.29 is 33.3 Å². The highest BCUT2D eigenvalue weighted by atomic mass is 16.6. The molecule has 0 radical (unpaired) electrons. The van der Waals surface area contributed by atoms with Crippen molar-refractivity contribution in [2.45, 2.75) is 104 Å². The zero-order valence-corrected chi connectivity index (χ0v) is 31.7. The number of allylic oxidation sites excluding steroid dienone is 4. The molecule has 7 heteroatoms. The molecule has 5 rings (SSSR count). The fourth-order valence-corrected chi connectivity index (χ4v) is 6.80. The fourth-order valence-electron chi connectivity index (χ4n) is 6.80. The van der Waals surface area contributed by atoms with Gasteiger partial charge in [0.2, 0.25) is 0 Å². The Morgan fingerprint density at radius 1 is 0.654 bits per heavy atom. The van der Waals surface area contributed by atoms with Crippen LogP contribution in [0.4, 0.5) is 0 Å². The van der Waals surface area contributed by atoms with E-state index in [1.54, 1.807) is 54.6 Å². The third-order valence-electron chi connectivity index (χ3n) is 10.3. The van der Waals surface area contributed by atoms with Gasteiger partial charge in [0.1, 0.15) is 48.3 Å². The molecule has 52 heavy (non-hydrogen) atoms. The molecule has 3 aromatic rings. The van der Waals surface area contributed by atoms with Crippen molar-refractivity contribution in [3.63, 3.8) is 0 Å². The van der Waals surface area contributed by atoms with Gasteiger partial charge in [-0.2, -0.15) is 0 Å². The second kappa shape index (κ2) is 17.2. The van der Waals surface area contributed by atoms with Gasteiger partial charge >= 0.3 is 11.9 Å². The molecule has 0 N–H and O–H groups in total. The normalized spacial score (nSPS) is 17.7. The smallest absolute Gasteiger partial charge is 0.338 e. The first-order chi connectivity index (χ1) is 24.8. The third-order valence-corrected chi connectivity index (χ3v) is 10.3. The summed E-state index contributed by atoms with van der Waals surface area (Å²) in [4.78, 5) is 26.0. The lowest BCUT2D eigenvalue weighted by molar-refractivity contribution is -0.0332. The molecule has 0 spiro atoms. The second-order valence-corrected chi connectivity index (χ2v) is 15.2. The Hall–Kier alpha value is -4.78. The zero-order chi connectivity index (χ0) is 37.3. The summed E-state index contributed by atoms with van der Waals surface area (Å²) in [6, 6.07) is 20.0. The van der Waals surface area contributed by atoms with Crippen LogP contribution in [0.5, 0.6) is 17.2 Å². The fraction of sp³-hybridized carbons (Fsp3) is 0.422. The quantitative estimate of drug-likeness (QED) is 0.115. The molecule has 7 nitrogen and oxygen atoms in total. The molecule has 0 saturated heterocycles. The lowest BCUT2D eigenvalue weighted by Crippen LogP contribution is -2.37. The summed E-state index contributed by atoms with van der Waals surface area (Å²) in [5.74, 6) is 1.87. The van der Waals surface area contributed by atoms with Crippen LogP contribution in [-0.4, -0.2) is 29.7 Å². The van der Waals surface area contributed by atoms with Crippen molar-refractivity contribution in [3.8, 4) is 17.2 Å². The molecule has 2 unspecified atom stereocenters. The Kier molecular flexibility index (Phi) is 12.7. The average Bonchev–Trinajstić information content (AvgIpc) is 3.12. The first-order valence-electron chi connectivity index (χ1n) is 18.4. The van der Waals surface area contributed by atoms with Crippen molar-refractivity contribution in [1.29, 1.82) is 0 Å². The van der Waals surface area contributed by atoms with Crippen LogP contribution in [0.3, 0.4) is 0 Å². The molecular formula is C45H54O7. The van der Waals surface area contributed by atoms with Gasteiger partial charge in [-0.25, -0.2) is 9.59 Å². The molecule has 0 fully saturated rings. The number of esters is 2. The Labute approximate surface area is 309 Å². The Morgan fingerprint density at radius 2 is 1.08 bits per heavy atom. The lowest BCUT2D eigenvalue weighted by Gasteiger charge is -2.35. The minimum atomic E-state index is -0.552. The molecule has 0 amide bonds. The number of rotatable bonds is 15. The van der Waals surface area contributed by atoms with Crippen LogP contribution >= 0.6 is 0 Å². The highest BCUT2D eigenvalue weighted by Gasteiger charge is 2.35. The summed E-state index contributed by atoms with van der Waals surface area (Å²) < 4.78 is 30.0. The summed E-state index contributed by atoms with van der Waals surface area (Å²) in [6.07, 6.45) is 12.2. The van der Waals surface area contributed by atoms with E-state index < -0.39 is 11.2 Å². The van der Waals surface area contributed by atoms with Crippen molar-refractivity contribution in [2.75, 3.05) is 6.61 Å². The third kappa shape index (κ3) is 10.6. The zero-order valence-electron chi connectivity index (χ0n) is 31.7. The van der Waals surface area contributed by atoms with Gasteiger partial charge in [0.25, 0.3) is 0 Å². The molecule has 0 bridgehead atoms. The van der Waals surface area contributed by atoms with E-state index in [9.17, 15) is 9.59 Å². The van der Waals surface area contributed by atoms with E-state index in [4.69, 9.17) is 23.7 Å². The predicted molar refractivity (Wildman–Crippen MR) is 205 cm³/mol. The monoisotopic (exact) mass is 706 g/mol. The number of carbonyl (C=O) groups excluding carboxylic acids is 2. The van der Waals surface area contributed by atoms with E-state index in [0.717, 1.165) is 49.7 Å². The van der Waals surface area contributed by atoms with Crippen molar-refractivity contribution in [3.05, 3.63) is 125 Å².